The molecule has 0 unspecified atom stereocenters. The predicted octanol–water partition coefficient (Wildman–Crippen LogP) is 2.36. The van der Waals surface area contributed by atoms with E-state index in [1.54, 1.807) is 20.3 Å². The number of nitrogens with zero attached hydrogens (tertiary/aromatic N) is 2. The Balaban J connectivity index is 1.97. The van der Waals surface area contributed by atoms with Crippen molar-refractivity contribution in [1.29, 1.82) is 0 Å². The molecule has 0 amide bonds. The van der Waals surface area contributed by atoms with Gasteiger partial charge in [-0.15, -0.1) is 0 Å². The molecule has 0 saturated carbocycles. The molecular weight excluding hydrogens is 292 g/mol. The van der Waals surface area contributed by atoms with E-state index in [1.807, 2.05) is 22.9 Å². The summed E-state index contributed by atoms with van der Waals surface area (Å²) >= 11 is 0. The number of pyridine rings is 1. The van der Waals surface area contributed by atoms with Crippen LogP contribution in [-0.4, -0.2) is 43.8 Å². The van der Waals surface area contributed by atoms with E-state index in [2.05, 4.69) is 11.9 Å². The first-order valence-electron chi connectivity index (χ1n) is 8.06. The van der Waals surface area contributed by atoms with Gasteiger partial charge in [-0.3, -0.25) is 4.79 Å². The highest BCUT2D eigenvalue weighted by Crippen LogP contribution is 2.33. The highest BCUT2D eigenvalue weighted by Gasteiger charge is 2.19. The molecule has 0 spiro atoms. The maximum atomic E-state index is 12.8. The molecule has 1 atom stereocenters. The van der Waals surface area contributed by atoms with Crippen molar-refractivity contribution in [1.82, 2.24) is 9.47 Å². The fourth-order valence-electron chi connectivity index (χ4n) is 3.53. The number of piperidine rings is 1. The van der Waals surface area contributed by atoms with Gasteiger partial charge in [0.1, 0.15) is 0 Å². The summed E-state index contributed by atoms with van der Waals surface area (Å²) in [6, 6.07) is 5.56. The zero-order valence-corrected chi connectivity index (χ0v) is 14.0. The molecular formula is C18H24N2O3. The lowest BCUT2D eigenvalue weighted by atomic mass is 9.98. The van der Waals surface area contributed by atoms with Crippen LogP contribution in [0.3, 0.4) is 0 Å². The van der Waals surface area contributed by atoms with Gasteiger partial charge < -0.3 is 18.9 Å². The quantitative estimate of drug-likeness (QED) is 0.868. The Morgan fingerprint density at radius 2 is 2.00 bits per heavy atom. The number of rotatable bonds is 4. The third kappa shape index (κ3) is 3.06. The van der Waals surface area contributed by atoms with Crippen LogP contribution in [0.2, 0.25) is 0 Å². The lowest BCUT2D eigenvalue weighted by Gasteiger charge is -2.30. The second-order valence-electron chi connectivity index (χ2n) is 6.31. The van der Waals surface area contributed by atoms with Crippen molar-refractivity contribution in [3.63, 3.8) is 0 Å². The molecule has 124 valence electrons. The van der Waals surface area contributed by atoms with Gasteiger partial charge in [0.15, 0.2) is 11.5 Å². The number of likely N-dealkylation sites (tertiary alicyclic amines) is 1. The van der Waals surface area contributed by atoms with Gasteiger partial charge in [0.2, 0.25) is 0 Å². The molecule has 5 heteroatoms. The summed E-state index contributed by atoms with van der Waals surface area (Å²) in [5, 5.41) is 1.48. The van der Waals surface area contributed by atoms with Crippen LogP contribution in [0.1, 0.15) is 12.8 Å². The van der Waals surface area contributed by atoms with Crippen LogP contribution in [0.25, 0.3) is 10.8 Å². The molecule has 1 saturated heterocycles. The number of benzene rings is 1. The molecule has 23 heavy (non-hydrogen) atoms. The van der Waals surface area contributed by atoms with E-state index in [9.17, 15) is 4.79 Å². The fourth-order valence-corrected chi connectivity index (χ4v) is 3.53. The Labute approximate surface area is 136 Å². The number of ether oxygens (including phenoxy) is 2. The molecule has 2 aromatic rings. The van der Waals surface area contributed by atoms with Gasteiger partial charge in [0, 0.05) is 24.7 Å². The molecule has 1 aromatic carbocycles. The molecule has 0 radical (unpaired) electrons. The summed E-state index contributed by atoms with van der Waals surface area (Å²) in [5.74, 6) is 1.79. The normalized spacial score (nSPS) is 19.0. The van der Waals surface area contributed by atoms with Crippen LogP contribution < -0.4 is 15.0 Å². The SMILES string of the molecule is COc1ccc2c(=O)n(C[C@H]3CCCN(C)C3)ccc2c1OC. The molecule has 1 aromatic heterocycles. The van der Waals surface area contributed by atoms with Crippen LogP contribution in [0.5, 0.6) is 11.5 Å². The second kappa shape index (κ2) is 6.62. The van der Waals surface area contributed by atoms with Crippen LogP contribution in [0, 0.1) is 5.92 Å². The lowest BCUT2D eigenvalue weighted by Crippen LogP contribution is -2.36. The Morgan fingerprint density at radius 3 is 2.70 bits per heavy atom. The standard InChI is InChI=1S/C18H24N2O3/c1-19-9-4-5-13(11-19)12-20-10-8-14-15(18(20)21)6-7-16(22-2)17(14)23-3/h6-8,10,13H,4-5,9,11-12H2,1-3H3/t13-/m0/s1. The monoisotopic (exact) mass is 316 g/mol. The minimum absolute atomic E-state index is 0.0386. The molecule has 1 aliphatic heterocycles. The van der Waals surface area contributed by atoms with E-state index >= 15 is 0 Å². The molecule has 2 heterocycles. The Kier molecular flexibility index (Phi) is 4.57. The van der Waals surface area contributed by atoms with Crippen LogP contribution in [-0.2, 0) is 6.54 Å². The van der Waals surface area contributed by atoms with Crippen molar-refractivity contribution < 1.29 is 9.47 Å². The van der Waals surface area contributed by atoms with Crippen molar-refractivity contribution in [2.45, 2.75) is 19.4 Å². The number of fused-ring (bicyclic) bond motifs is 1. The second-order valence-corrected chi connectivity index (χ2v) is 6.31. The smallest absolute Gasteiger partial charge is 0.258 e. The van der Waals surface area contributed by atoms with Crippen molar-refractivity contribution in [3.05, 3.63) is 34.7 Å². The minimum atomic E-state index is 0.0386. The third-order valence-electron chi connectivity index (χ3n) is 4.67. The fraction of sp³-hybridized carbons (Fsp3) is 0.500. The average molecular weight is 316 g/mol. The van der Waals surface area contributed by atoms with Gasteiger partial charge in [-0.1, -0.05) is 0 Å². The van der Waals surface area contributed by atoms with Gasteiger partial charge in [-0.05, 0) is 50.6 Å². The van der Waals surface area contributed by atoms with Crippen LogP contribution in [0.15, 0.2) is 29.2 Å². The summed E-state index contributed by atoms with van der Waals surface area (Å²) in [6.07, 6.45) is 4.26. The van der Waals surface area contributed by atoms with E-state index in [0.29, 0.717) is 22.8 Å². The van der Waals surface area contributed by atoms with Crippen LogP contribution >= 0.6 is 0 Å². The summed E-state index contributed by atoms with van der Waals surface area (Å²) < 4.78 is 12.6. The first-order valence-corrected chi connectivity index (χ1v) is 8.06. The first-order chi connectivity index (χ1) is 11.1. The minimum Gasteiger partial charge on any atom is -0.493 e. The Morgan fingerprint density at radius 1 is 1.17 bits per heavy atom. The molecule has 1 fully saturated rings. The summed E-state index contributed by atoms with van der Waals surface area (Å²) in [7, 11) is 5.34. The molecule has 0 bridgehead atoms. The zero-order chi connectivity index (χ0) is 16.4. The van der Waals surface area contributed by atoms with Gasteiger partial charge in [-0.25, -0.2) is 0 Å². The molecule has 3 rings (SSSR count). The van der Waals surface area contributed by atoms with Crippen LogP contribution in [0.4, 0.5) is 0 Å². The molecule has 5 nitrogen and oxygen atoms in total. The highest BCUT2D eigenvalue weighted by molar-refractivity contribution is 5.90. The van der Waals surface area contributed by atoms with Crippen molar-refractivity contribution in [2.75, 3.05) is 34.4 Å². The zero-order valence-electron chi connectivity index (χ0n) is 14.0. The van der Waals surface area contributed by atoms with Gasteiger partial charge in [0.05, 0.1) is 19.6 Å². The molecule has 0 aliphatic carbocycles. The van der Waals surface area contributed by atoms with E-state index in [-0.39, 0.29) is 5.56 Å². The average Bonchev–Trinajstić information content (AvgIpc) is 2.56. The number of aromatic nitrogens is 1. The lowest BCUT2D eigenvalue weighted by molar-refractivity contribution is 0.193. The van der Waals surface area contributed by atoms with Gasteiger partial charge >= 0.3 is 0 Å². The van der Waals surface area contributed by atoms with E-state index < -0.39 is 0 Å². The summed E-state index contributed by atoms with van der Waals surface area (Å²) in [4.78, 5) is 15.1. The van der Waals surface area contributed by atoms with E-state index in [1.165, 1.54) is 12.8 Å². The van der Waals surface area contributed by atoms with E-state index in [0.717, 1.165) is 25.0 Å². The maximum absolute atomic E-state index is 12.8. The van der Waals surface area contributed by atoms with Crippen molar-refractivity contribution in [3.8, 4) is 11.5 Å². The first kappa shape index (κ1) is 15.9. The maximum Gasteiger partial charge on any atom is 0.258 e. The van der Waals surface area contributed by atoms with Crippen molar-refractivity contribution >= 4 is 10.8 Å². The highest BCUT2D eigenvalue weighted by atomic mass is 16.5. The predicted molar refractivity (Wildman–Crippen MR) is 91.5 cm³/mol. The number of methoxy groups -OCH3 is 2. The summed E-state index contributed by atoms with van der Waals surface area (Å²) in [5.41, 5.74) is 0.0386. The largest absolute Gasteiger partial charge is 0.493 e. The van der Waals surface area contributed by atoms with Gasteiger partial charge in [-0.2, -0.15) is 0 Å². The molecule has 0 N–H and O–H groups in total. The third-order valence-corrected chi connectivity index (χ3v) is 4.67. The van der Waals surface area contributed by atoms with E-state index in [4.69, 9.17) is 9.47 Å². The number of hydrogen-bond donors (Lipinski definition) is 0. The van der Waals surface area contributed by atoms with Gasteiger partial charge in [0.25, 0.3) is 5.56 Å². The van der Waals surface area contributed by atoms with Crippen molar-refractivity contribution in [2.24, 2.45) is 5.92 Å². The summed E-state index contributed by atoms with van der Waals surface area (Å²) in [6.45, 7) is 2.98. The number of hydrogen-bond acceptors (Lipinski definition) is 4. The topological polar surface area (TPSA) is 43.7 Å². The Bertz CT molecular complexity index is 754. The Hall–Kier alpha value is -2.01. The molecule has 1 aliphatic rings.